The molecular weight excluding hydrogens is 332 g/mol. The first-order valence-electron chi connectivity index (χ1n) is 8.79. The second-order valence-corrected chi connectivity index (χ2v) is 6.56. The second-order valence-electron chi connectivity index (χ2n) is 6.56. The van der Waals surface area contributed by atoms with Crippen molar-refractivity contribution in [2.45, 2.75) is 33.2 Å². The number of amides is 2. The molecule has 6 nitrogen and oxygen atoms in total. The van der Waals surface area contributed by atoms with Crippen LogP contribution in [0.25, 0.3) is 0 Å². The molecule has 6 heteroatoms. The summed E-state index contributed by atoms with van der Waals surface area (Å²) in [6.45, 7) is 6.87. The molecule has 1 heterocycles. The minimum Gasteiger partial charge on any atom is -0.497 e. The molecule has 0 aliphatic heterocycles. The zero-order valence-corrected chi connectivity index (χ0v) is 16.1. The molecule has 1 atom stereocenters. The van der Waals surface area contributed by atoms with Crippen LogP contribution in [0.5, 0.6) is 11.5 Å². The summed E-state index contributed by atoms with van der Waals surface area (Å²) in [5, 5.41) is 2.94. The van der Waals surface area contributed by atoms with E-state index < -0.39 is 0 Å². The van der Waals surface area contributed by atoms with Gasteiger partial charge in [0.1, 0.15) is 17.3 Å². The Labute approximate surface area is 155 Å². The summed E-state index contributed by atoms with van der Waals surface area (Å²) < 4.78 is 16.1. The maximum absolute atomic E-state index is 13.0. The molecule has 1 aromatic heterocycles. The molecule has 0 aliphatic carbocycles. The average Bonchev–Trinajstić information content (AvgIpc) is 3.16. The van der Waals surface area contributed by atoms with Crippen LogP contribution in [0.2, 0.25) is 0 Å². The number of benzene rings is 1. The highest BCUT2D eigenvalue weighted by Gasteiger charge is 2.24. The van der Waals surface area contributed by atoms with Crippen molar-refractivity contribution in [2.24, 2.45) is 5.92 Å². The zero-order chi connectivity index (χ0) is 19.1. The smallest absolute Gasteiger partial charge is 0.322 e. The van der Waals surface area contributed by atoms with E-state index in [-0.39, 0.29) is 12.1 Å². The maximum Gasteiger partial charge on any atom is 0.322 e. The summed E-state index contributed by atoms with van der Waals surface area (Å²) >= 11 is 0. The molecule has 0 radical (unpaired) electrons. The van der Waals surface area contributed by atoms with E-state index >= 15 is 0 Å². The third kappa shape index (κ3) is 4.94. The van der Waals surface area contributed by atoms with Crippen LogP contribution in [-0.2, 0) is 0 Å². The lowest BCUT2D eigenvalue weighted by molar-refractivity contribution is 0.179. The van der Waals surface area contributed by atoms with Crippen LogP contribution < -0.4 is 14.8 Å². The number of nitrogens with one attached hydrogen (secondary N) is 1. The highest BCUT2D eigenvalue weighted by molar-refractivity contribution is 5.91. The van der Waals surface area contributed by atoms with Gasteiger partial charge in [0.2, 0.25) is 0 Å². The van der Waals surface area contributed by atoms with Gasteiger partial charge in [-0.05, 0) is 43.5 Å². The van der Waals surface area contributed by atoms with Gasteiger partial charge in [-0.15, -0.1) is 0 Å². The van der Waals surface area contributed by atoms with Crippen molar-refractivity contribution in [3.63, 3.8) is 0 Å². The van der Waals surface area contributed by atoms with E-state index in [2.05, 4.69) is 19.2 Å². The summed E-state index contributed by atoms with van der Waals surface area (Å²) in [5.41, 5.74) is 0.597. The molecule has 0 aliphatic rings. The van der Waals surface area contributed by atoms with E-state index in [1.807, 2.05) is 19.1 Å². The fourth-order valence-corrected chi connectivity index (χ4v) is 2.64. The SMILES string of the molecule is COc1ccc(NC(=O)N(CCC(C)C)C(C)c2ccco2)c(OC)c1. The number of anilines is 1. The molecule has 1 unspecified atom stereocenters. The number of hydrogen-bond acceptors (Lipinski definition) is 4. The van der Waals surface area contributed by atoms with Crippen LogP contribution >= 0.6 is 0 Å². The molecule has 0 saturated heterocycles. The number of furan rings is 1. The van der Waals surface area contributed by atoms with Gasteiger partial charge in [0, 0.05) is 12.6 Å². The molecule has 2 rings (SSSR count). The molecule has 2 aromatic rings. The Morgan fingerprint density at radius 2 is 1.96 bits per heavy atom. The van der Waals surface area contributed by atoms with E-state index in [9.17, 15) is 4.79 Å². The van der Waals surface area contributed by atoms with E-state index in [0.717, 1.165) is 12.2 Å². The summed E-state index contributed by atoms with van der Waals surface area (Å²) in [5.74, 6) is 2.46. The molecular formula is C20H28N2O4. The summed E-state index contributed by atoms with van der Waals surface area (Å²) in [7, 11) is 3.15. The standard InChI is InChI=1S/C20H28N2O4/c1-14(2)10-11-22(15(3)18-7-6-12-26-18)20(23)21-17-9-8-16(24-4)13-19(17)25-5/h6-9,12-15H,10-11H2,1-5H3,(H,21,23). The van der Waals surface area contributed by atoms with Gasteiger partial charge in [-0.1, -0.05) is 13.8 Å². The maximum atomic E-state index is 13.0. The summed E-state index contributed by atoms with van der Waals surface area (Å²) in [6.07, 6.45) is 2.52. The van der Waals surface area contributed by atoms with Gasteiger partial charge >= 0.3 is 6.03 Å². The minimum atomic E-state index is -0.196. The van der Waals surface area contributed by atoms with Gasteiger partial charge in [-0.25, -0.2) is 4.79 Å². The topological polar surface area (TPSA) is 63.9 Å². The van der Waals surface area contributed by atoms with Crippen molar-refractivity contribution < 1.29 is 18.7 Å². The fourth-order valence-electron chi connectivity index (χ4n) is 2.64. The predicted molar refractivity (Wildman–Crippen MR) is 102 cm³/mol. The number of nitrogens with zero attached hydrogens (tertiary/aromatic N) is 1. The van der Waals surface area contributed by atoms with Crippen LogP contribution in [0.4, 0.5) is 10.5 Å². The zero-order valence-electron chi connectivity index (χ0n) is 16.1. The van der Waals surface area contributed by atoms with Gasteiger partial charge in [-0.3, -0.25) is 0 Å². The van der Waals surface area contributed by atoms with Crippen LogP contribution in [0.1, 0.15) is 39.0 Å². The lowest BCUT2D eigenvalue weighted by atomic mass is 10.1. The molecule has 0 saturated carbocycles. The number of urea groups is 1. The van der Waals surface area contributed by atoms with Crippen LogP contribution in [0, 0.1) is 5.92 Å². The van der Waals surface area contributed by atoms with Crippen molar-refractivity contribution in [1.29, 1.82) is 0 Å². The number of hydrogen-bond donors (Lipinski definition) is 1. The highest BCUT2D eigenvalue weighted by atomic mass is 16.5. The Balaban J connectivity index is 2.20. The van der Waals surface area contributed by atoms with E-state index in [1.54, 1.807) is 43.6 Å². The Bertz CT molecular complexity index is 698. The summed E-state index contributed by atoms with van der Waals surface area (Å²) in [6, 6.07) is 8.64. The van der Waals surface area contributed by atoms with Gasteiger partial charge in [0.15, 0.2) is 0 Å². The monoisotopic (exact) mass is 360 g/mol. The van der Waals surface area contributed by atoms with Crippen molar-refractivity contribution in [3.8, 4) is 11.5 Å². The third-order valence-corrected chi connectivity index (χ3v) is 4.28. The van der Waals surface area contributed by atoms with Crippen molar-refractivity contribution >= 4 is 11.7 Å². The average molecular weight is 360 g/mol. The number of carbonyl (C=O) groups is 1. The Morgan fingerprint density at radius 3 is 2.54 bits per heavy atom. The molecule has 0 spiro atoms. The highest BCUT2D eigenvalue weighted by Crippen LogP contribution is 2.30. The van der Waals surface area contributed by atoms with Crippen molar-refractivity contribution in [3.05, 3.63) is 42.4 Å². The van der Waals surface area contributed by atoms with Gasteiger partial charge in [0.05, 0.1) is 32.2 Å². The predicted octanol–water partition coefficient (Wildman–Crippen LogP) is 4.94. The van der Waals surface area contributed by atoms with E-state index in [4.69, 9.17) is 13.9 Å². The van der Waals surface area contributed by atoms with Gasteiger partial charge < -0.3 is 24.1 Å². The van der Waals surface area contributed by atoms with Crippen LogP contribution in [0.15, 0.2) is 41.0 Å². The van der Waals surface area contributed by atoms with E-state index in [0.29, 0.717) is 29.6 Å². The molecule has 142 valence electrons. The third-order valence-electron chi connectivity index (χ3n) is 4.28. The number of methoxy groups -OCH3 is 2. The van der Waals surface area contributed by atoms with Gasteiger partial charge in [0.25, 0.3) is 0 Å². The first-order chi connectivity index (χ1) is 12.5. The first kappa shape index (κ1) is 19.7. The first-order valence-corrected chi connectivity index (χ1v) is 8.79. The van der Waals surface area contributed by atoms with Crippen LogP contribution in [0.3, 0.4) is 0 Å². The van der Waals surface area contributed by atoms with Gasteiger partial charge in [-0.2, -0.15) is 0 Å². The molecule has 2 amide bonds. The molecule has 1 aromatic carbocycles. The number of ether oxygens (including phenoxy) is 2. The number of rotatable bonds is 8. The Hall–Kier alpha value is -2.63. The van der Waals surface area contributed by atoms with Crippen LogP contribution in [-0.4, -0.2) is 31.7 Å². The Kier molecular flexibility index (Phi) is 6.95. The quantitative estimate of drug-likeness (QED) is 0.724. The largest absolute Gasteiger partial charge is 0.497 e. The van der Waals surface area contributed by atoms with Crippen molar-refractivity contribution in [1.82, 2.24) is 4.90 Å². The molecule has 1 N–H and O–H groups in total. The lowest BCUT2D eigenvalue weighted by Gasteiger charge is -2.29. The normalized spacial score (nSPS) is 11.9. The van der Waals surface area contributed by atoms with E-state index in [1.165, 1.54) is 0 Å². The van der Waals surface area contributed by atoms with Crippen molar-refractivity contribution in [2.75, 3.05) is 26.1 Å². The summed E-state index contributed by atoms with van der Waals surface area (Å²) in [4.78, 5) is 14.8. The molecule has 0 bridgehead atoms. The lowest BCUT2D eigenvalue weighted by Crippen LogP contribution is -2.38. The molecule has 26 heavy (non-hydrogen) atoms. The second kappa shape index (κ2) is 9.17. The minimum absolute atomic E-state index is 0.173. The molecule has 0 fully saturated rings. The fraction of sp³-hybridized carbons (Fsp3) is 0.450. The Morgan fingerprint density at radius 1 is 1.19 bits per heavy atom. The number of carbonyl (C=O) groups excluding carboxylic acids is 1.